The van der Waals surface area contributed by atoms with E-state index in [1.165, 1.54) is 43.2 Å². The molecular weight excluding hydrogens is 408 g/mol. The zero-order valence-electron chi connectivity index (χ0n) is 20.8. The fourth-order valence-electron chi connectivity index (χ4n) is 5.37. The first kappa shape index (κ1) is 23.6. The summed E-state index contributed by atoms with van der Waals surface area (Å²) in [5.74, 6) is -0.261. The third kappa shape index (κ3) is 5.33. The average Bonchev–Trinajstić information content (AvgIpc) is 3.12. The number of hydrogen-bond acceptors (Lipinski definition) is 3. The zero-order valence-corrected chi connectivity index (χ0v) is 20.8. The highest BCUT2D eigenvalue weighted by Crippen LogP contribution is 2.28. The molecule has 1 aliphatic rings. The lowest BCUT2D eigenvalue weighted by Crippen LogP contribution is -2.34. The standard InChI is InChI=1S/C29H38N2O2/c1-19-11-13-25(20(2)17-19)22(4)33-29(32)28-21(3)30-27-14-12-23(18-26(27)28)15-16-31(5)24-9-7-6-8-10-24/h11-14,17-18,22,24,30H,6-10,15-16H2,1-5H3. The number of ether oxygens (including phenoxy) is 1. The Labute approximate surface area is 198 Å². The minimum atomic E-state index is -0.297. The second kappa shape index (κ2) is 10.1. The van der Waals surface area contributed by atoms with Gasteiger partial charge in [-0.05, 0) is 82.8 Å². The number of carbonyl (C=O) groups is 1. The highest BCUT2D eigenvalue weighted by atomic mass is 16.5. The quantitative estimate of drug-likeness (QED) is 0.405. The highest BCUT2D eigenvalue weighted by molar-refractivity contribution is 6.05. The Balaban J connectivity index is 1.50. The first-order valence-electron chi connectivity index (χ1n) is 12.4. The molecule has 1 saturated carbocycles. The molecule has 1 aromatic heterocycles. The molecule has 0 spiro atoms. The number of aryl methyl sites for hydroxylation is 3. The molecule has 0 amide bonds. The van der Waals surface area contributed by atoms with E-state index in [9.17, 15) is 4.79 Å². The van der Waals surface area contributed by atoms with Gasteiger partial charge in [-0.2, -0.15) is 0 Å². The summed E-state index contributed by atoms with van der Waals surface area (Å²) in [4.78, 5) is 19.1. The van der Waals surface area contributed by atoms with Crippen LogP contribution < -0.4 is 0 Å². The number of benzene rings is 2. The summed E-state index contributed by atoms with van der Waals surface area (Å²) in [6.07, 6.45) is 7.43. The number of nitrogens with zero attached hydrogens (tertiary/aromatic N) is 1. The summed E-state index contributed by atoms with van der Waals surface area (Å²) < 4.78 is 5.94. The van der Waals surface area contributed by atoms with Gasteiger partial charge in [0.1, 0.15) is 6.10 Å². The van der Waals surface area contributed by atoms with Crippen molar-refractivity contribution in [3.8, 4) is 0 Å². The van der Waals surface area contributed by atoms with Gasteiger partial charge < -0.3 is 14.6 Å². The molecule has 1 aliphatic carbocycles. The molecule has 3 aromatic rings. The maximum absolute atomic E-state index is 13.2. The lowest BCUT2D eigenvalue weighted by Gasteiger charge is -2.31. The van der Waals surface area contributed by atoms with E-state index in [-0.39, 0.29) is 12.1 Å². The largest absolute Gasteiger partial charge is 0.454 e. The fourth-order valence-corrected chi connectivity index (χ4v) is 5.37. The van der Waals surface area contributed by atoms with Crippen LogP contribution in [0, 0.1) is 20.8 Å². The Morgan fingerprint density at radius 3 is 2.58 bits per heavy atom. The topological polar surface area (TPSA) is 45.3 Å². The number of carbonyl (C=O) groups excluding carboxylic acids is 1. The fraction of sp³-hybridized carbons (Fsp3) is 0.483. The van der Waals surface area contributed by atoms with Gasteiger partial charge in [0.25, 0.3) is 0 Å². The summed E-state index contributed by atoms with van der Waals surface area (Å²) in [6, 6.07) is 13.4. The average molecular weight is 447 g/mol. The minimum Gasteiger partial charge on any atom is -0.454 e. The van der Waals surface area contributed by atoms with E-state index in [2.05, 4.69) is 67.2 Å². The molecule has 1 atom stereocenters. The second-order valence-electron chi connectivity index (χ2n) is 9.93. The smallest absolute Gasteiger partial charge is 0.341 e. The lowest BCUT2D eigenvalue weighted by atomic mass is 9.94. The summed E-state index contributed by atoms with van der Waals surface area (Å²) in [5, 5.41) is 0.961. The van der Waals surface area contributed by atoms with Crippen LogP contribution in [-0.4, -0.2) is 35.5 Å². The molecule has 4 heteroatoms. The Morgan fingerprint density at radius 1 is 1.09 bits per heavy atom. The van der Waals surface area contributed by atoms with E-state index in [0.29, 0.717) is 11.6 Å². The Morgan fingerprint density at radius 2 is 1.85 bits per heavy atom. The van der Waals surface area contributed by atoms with Crippen molar-refractivity contribution < 1.29 is 9.53 Å². The second-order valence-corrected chi connectivity index (χ2v) is 9.93. The van der Waals surface area contributed by atoms with Gasteiger partial charge in [-0.15, -0.1) is 0 Å². The molecule has 0 saturated heterocycles. The van der Waals surface area contributed by atoms with Crippen LogP contribution in [0.1, 0.15) is 83.4 Å². The number of likely N-dealkylation sites (N-methyl/N-ethyl adjacent to an activating group) is 1. The van der Waals surface area contributed by atoms with E-state index in [1.807, 2.05) is 13.8 Å². The molecule has 0 aliphatic heterocycles. The number of aromatic amines is 1. The van der Waals surface area contributed by atoms with Crippen LogP contribution in [0.5, 0.6) is 0 Å². The number of rotatable bonds is 7. The summed E-state index contributed by atoms with van der Waals surface area (Å²) >= 11 is 0. The van der Waals surface area contributed by atoms with E-state index in [1.54, 1.807) is 0 Å². The molecule has 1 heterocycles. The first-order valence-corrected chi connectivity index (χ1v) is 12.4. The number of hydrogen-bond donors (Lipinski definition) is 1. The van der Waals surface area contributed by atoms with Crippen molar-refractivity contribution in [3.05, 3.63) is 69.9 Å². The van der Waals surface area contributed by atoms with Crippen molar-refractivity contribution in [2.45, 2.75) is 78.4 Å². The highest BCUT2D eigenvalue weighted by Gasteiger charge is 2.22. The van der Waals surface area contributed by atoms with Gasteiger partial charge in [0.05, 0.1) is 5.56 Å². The molecule has 2 aromatic carbocycles. The summed E-state index contributed by atoms with van der Waals surface area (Å²) in [6.45, 7) is 9.10. The van der Waals surface area contributed by atoms with Crippen molar-refractivity contribution in [3.63, 3.8) is 0 Å². The number of H-pyrrole nitrogens is 1. The molecule has 33 heavy (non-hydrogen) atoms. The summed E-state index contributed by atoms with van der Waals surface area (Å²) in [5.41, 5.74) is 7.18. The van der Waals surface area contributed by atoms with E-state index in [0.717, 1.165) is 40.7 Å². The third-order valence-electron chi connectivity index (χ3n) is 7.35. The van der Waals surface area contributed by atoms with Gasteiger partial charge in [-0.3, -0.25) is 0 Å². The molecule has 1 unspecified atom stereocenters. The minimum absolute atomic E-state index is 0.261. The molecule has 0 bridgehead atoms. The molecule has 1 N–H and O–H groups in total. The molecule has 4 nitrogen and oxygen atoms in total. The monoisotopic (exact) mass is 446 g/mol. The number of aromatic nitrogens is 1. The predicted molar refractivity (Wildman–Crippen MR) is 136 cm³/mol. The van der Waals surface area contributed by atoms with Gasteiger partial charge >= 0.3 is 5.97 Å². The molecule has 4 rings (SSSR count). The molecule has 1 fully saturated rings. The van der Waals surface area contributed by atoms with E-state index >= 15 is 0 Å². The number of esters is 1. The van der Waals surface area contributed by atoms with Gasteiger partial charge in [-0.25, -0.2) is 4.79 Å². The van der Waals surface area contributed by atoms with Crippen LogP contribution >= 0.6 is 0 Å². The summed E-state index contributed by atoms with van der Waals surface area (Å²) in [7, 11) is 2.26. The SMILES string of the molecule is Cc1ccc(C(C)OC(=O)c2c(C)[nH]c3ccc(CCN(C)C4CCCCC4)cc23)c(C)c1. The van der Waals surface area contributed by atoms with E-state index < -0.39 is 0 Å². The van der Waals surface area contributed by atoms with Crippen molar-refractivity contribution in [2.24, 2.45) is 0 Å². The van der Waals surface area contributed by atoms with E-state index in [4.69, 9.17) is 4.74 Å². The maximum Gasteiger partial charge on any atom is 0.341 e. The van der Waals surface area contributed by atoms with Crippen LogP contribution in [-0.2, 0) is 11.2 Å². The Bertz CT molecular complexity index is 1120. The Kier molecular flexibility index (Phi) is 7.23. The molecule has 176 valence electrons. The third-order valence-corrected chi connectivity index (χ3v) is 7.35. The van der Waals surface area contributed by atoms with Crippen LogP contribution in [0.2, 0.25) is 0 Å². The number of nitrogens with one attached hydrogen (secondary N) is 1. The maximum atomic E-state index is 13.2. The van der Waals surface area contributed by atoms with Crippen LogP contribution in [0.25, 0.3) is 10.9 Å². The van der Waals surface area contributed by atoms with Crippen molar-refractivity contribution in [1.82, 2.24) is 9.88 Å². The zero-order chi connectivity index (χ0) is 23.5. The van der Waals surface area contributed by atoms with Gasteiger partial charge in [0.15, 0.2) is 0 Å². The van der Waals surface area contributed by atoms with Crippen LogP contribution in [0.15, 0.2) is 36.4 Å². The van der Waals surface area contributed by atoms with Crippen LogP contribution in [0.3, 0.4) is 0 Å². The molecule has 0 radical (unpaired) electrons. The van der Waals surface area contributed by atoms with Gasteiger partial charge in [-0.1, -0.05) is 49.1 Å². The predicted octanol–water partition coefficient (Wildman–Crippen LogP) is 6.82. The number of fused-ring (bicyclic) bond motifs is 1. The van der Waals surface area contributed by atoms with Crippen molar-refractivity contribution in [2.75, 3.05) is 13.6 Å². The van der Waals surface area contributed by atoms with Crippen molar-refractivity contribution >= 4 is 16.9 Å². The lowest BCUT2D eigenvalue weighted by molar-refractivity contribution is 0.0338. The Hall–Kier alpha value is -2.59. The normalized spacial score (nSPS) is 15.8. The first-order chi connectivity index (χ1) is 15.8. The van der Waals surface area contributed by atoms with Crippen molar-refractivity contribution in [1.29, 1.82) is 0 Å². The van der Waals surface area contributed by atoms with Crippen LogP contribution in [0.4, 0.5) is 0 Å². The van der Waals surface area contributed by atoms with Gasteiger partial charge in [0, 0.05) is 29.2 Å². The van der Waals surface area contributed by atoms with Gasteiger partial charge in [0.2, 0.25) is 0 Å². The molecular formula is C29H38N2O2.